The number of aromatic nitrogens is 2. The summed E-state index contributed by atoms with van der Waals surface area (Å²) in [5, 5.41) is 16.5. The van der Waals surface area contributed by atoms with Crippen molar-refractivity contribution in [2.45, 2.75) is 24.9 Å². The first-order chi connectivity index (χ1) is 12.9. The number of carbonyl (C=O) groups excluding carboxylic acids is 3. The lowest BCUT2D eigenvalue weighted by Crippen LogP contribution is -2.54. The van der Waals surface area contributed by atoms with Crippen molar-refractivity contribution in [3.05, 3.63) is 18.2 Å². The molecule has 3 amide bonds. The number of rotatable bonds is 12. The smallest absolute Gasteiger partial charge is 0.326 e. The van der Waals surface area contributed by atoms with Gasteiger partial charge in [-0.15, -0.1) is 0 Å². The summed E-state index contributed by atoms with van der Waals surface area (Å²) >= 11 is 1.46. The lowest BCUT2D eigenvalue weighted by Gasteiger charge is -2.21. The number of imidazole rings is 1. The van der Waals surface area contributed by atoms with Crippen LogP contribution in [0.25, 0.3) is 0 Å². The van der Waals surface area contributed by atoms with Crippen molar-refractivity contribution < 1.29 is 24.3 Å². The maximum atomic E-state index is 12.5. The molecule has 1 aromatic heterocycles. The molecule has 11 nitrogen and oxygen atoms in total. The number of carbonyl (C=O) groups is 4. The number of carboxylic acid groups (broad SMARTS) is 1. The number of hydrogen-bond donors (Lipinski definition) is 6. The topological polar surface area (TPSA) is 179 Å². The normalized spacial score (nSPS) is 12.7. The van der Waals surface area contributed by atoms with Crippen molar-refractivity contribution >= 4 is 35.5 Å². The summed E-state index contributed by atoms with van der Waals surface area (Å²) in [6, 6.07) is -2.10. The molecule has 0 aromatic carbocycles. The second-order valence-electron chi connectivity index (χ2n) is 5.56. The molecule has 0 saturated heterocycles. The molecule has 0 aliphatic carbocycles. The van der Waals surface area contributed by atoms with Gasteiger partial charge in [0, 0.05) is 18.3 Å². The minimum absolute atomic E-state index is 0.0806. The van der Waals surface area contributed by atoms with Gasteiger partial charge in [0.15, 0.2) is 0 Å². The Morgan fingerprint density at radius 1 is 1.26 bits per heavy atom. The van der Waals surface area contributed by atoms with Crippen LogP contribution in [-0.2, 0) is 25.6 Å². The average Bonchev–Trinajstić information content (AvgIpc) is 3.15. The molecule has 0 radical (unpaired) electrons. The summed E-state index contributed by atoms with van der Waals surface area (Å²) in [5.41, 5.74) is 5.73. The highest BCUT2D eigenvalue weighted by Gasteiger charge is 2.27. The number of aromatic amines is 1. The number of nitrogens with two attached hydrogens (primary N) is 1. The SMILES string of the molecule is CSCCC(NC(=O)C(Cc1cnc[nH]1)NC(=O)CNC(=O)CN)C(=O)O. The van der Waals surface area contributed by atoms with E-state index in [1.807, 2.05) is 6.26 Å². The first-order valence-corrected chi connectivity index (χ1v) is 9.52. The Labute approximate surface area is 160 Å². The predicted octanol–water partition coefficient (Wildman–Crippen LogP) is -2.17. The molecule has 1 rings (SSSR count). The van der Waals surface area contributed by atoms with Crippen molar-refractivity contribution in [1.29, 1.82) is 0 Å². The summed E-state index contributed by atoms with van der Waals surface area (Å²) in [6.07, 6.45) is 5.07. The van der Waals surface area contributed by atoms with E-state index in [4.69, 9.17) is 5.73 Å². The van der Waals surface area contributed by atoms with Gasteiger partial charge in [0.2, 0.25) is 17.7 Å². The van der Waals surface area contributed by atoms with Gasteiger partial charge in [0.1, 0.15) is 12.1 Å². The lowest BCUT2D eigenvalue weighted by atomic mass is 10.1. The summed E-state index contributed by atoms with van der Waals surface area (Å²) in [5.74, 6) is -2.36. The van der Waals surface area contributed by atoms with Crippen LogP contribution < -0.4 is 21.7 Å². The maximum absolute atomic E-state index is 12.5. The number of carboxylic acids is 1. The number of thioether (sulfide) groups is 1. The molecule has 7 N–H and O–H groups in total. The highest BCUT2D eigenvalue weighted by molar-refractivity contribution is 7.98. The van der Waals surface area contributed by atoms with Crippen LogP contribution >= 0.6 is 11.8 Å². The van der Waals surface area contributed by atoms with Crippen LogP contribution in [0.3, 0.4) is 0 Å². The Bertz CT molecular complexity index is 639. The van der Waals surface area contributed by atoms with Crippen LogP contribution in [0.5, 0.6) is 0 Å². The third kappa shape index (κ3) is 8.55. The van der Waals surface area contributed by atoms with Gasteiger partial charge in [-0.3, -0.25) is 14.4 Å². The fourth-order valence-corrected chi connectivity index (χ4v) is 2.56. The Hall–Kier alpha value is -2.60. The Morgan fingerprint density at radius 2 is 2.00 bits per heavy atom. The highest BCUT2D eigenvalue weighted by Crippen LogP contribution is 2.04. The summed E-state index contributed by atoms with van der Waals surface area (Å²) < 4.78 is 0. The largest absolute Gasteiger partial charge is 0.480 e. The summed E-state index contributed by atoms with van der Waals surface area (Å²) in [4.78, 5) is 53.7. The van der Waals surface area contributed by atoms with Crippen LogP contribution in [0.2, 0.25) is 0 Å². The molecule has 1 heterocycles. The Balaban J connectivity index is 2.76. The molecular weight excluding hydrogens is 376 g/mol. The first kappa shape index (κ1) is 22.4. The van der Waals surface area contributed by atoms with E-state index in [0.29, 0.717) is 11.4 Å². The van der Waals surface area contributed by atoms with Crippen LogP contribution in [0.1, 0.15) is 12.1 Å². The number of nitrogens with one attached hydrogen (secondary N) is 4. The van der Waals surface area contributed by atoms with E-state index in [9.17, 15) is 24.3 Å². The summed E-state index contributed by atoms with van der Waals surface area (Å²) in [6.45, 7) is -0.612. The maximum Gasteiger partial charge on any atom is 0.326 e. The molecule has 2 unspecified atom stereocenters. The molecule has 0 bridgehead atoms. The van der Waals surface area contributed by atoms with Gasteiger partial charge < -0.3 is 31.8 Å². The molecule has 12 heteroatoms. The number of aliphatic carboxylic acids is 1. The van der Waals surface area contributed by atoms with Crippen molar-refractivity contribution in [3.63, 3.8) is 0 Å². The van der Waals surface area contributed by atoms with E-state index >= 15 is 0 Å². The van der Waals surface area contributed by atoms with Crippen LogP contribution in [0, 0.1) is 0 Å². The standard InChI is InChI=1S/C15H24N6O5S/c1-27-3-2-10(15(25)26)21-14(24)11(4-9-6-17-8-19-9)20-13(23)7-18-12(22)5-16/h6,8,10-11H,2-5,7,16H2,1H3,(H,17,19)(H,18,22)(H,20,23)(H,21,24)(H,25,26). The van der Waals surface area contributed by atoms with Crippen LogP contribution in [0.15, 0.2) is 12.5 Å². The zero-order chi connectivity index (χ0) is 20.2. The van der Waals surface area contributed by atoms with Gasteiger partial charge >= 0.3 is 5.97 Å². The Kier molecular flexibility index (Phi) is 9.90. The molecule has 1 aromatic rings. The van der Waals surface area contributed by atoms with E-state index in [2.05, 4.69) is 25.9 Å². The fourth-order valence-electron chi connectivity index (χ4n) is 2.09. The Morgan fingerprint density at radius 3 is 2.56 bits per heavy atom. The third-order valence-corrected chi connectivity index (χ3v) is 4.13. The van der Waals surface area contributed by atoms with E-state index < -0.39 is 35.8 Å². The fraction of sp³-hybridized carbons (Fsp3) is 0.533. The van der Waals surface area contributed by atoms with Crippen LogP contribution in [0.4, 0.5) is 0 Å². The zero-order valence-electron chi connectivity index (χ0n) is 14.9. The average molecular weight is 400 g/mol. The second-order valence-corrected chi connectivity index (χ2v) is 6.55. The zero-order valence-corrected chi connectivity index (χ0v) is 15.7. The summed E-state index contributed by atoms with van der Waals surface area (Å²) in [7, 11) is 0. The van der Waals surface area contributed by atoms with Gasteiger partial charge in [0.05, 0.1) is 19.4 Å². The molecule has 150 valence electrons. The lowest BCUT2D eigenvalue weighted by molar-refractivity contribution is -0.142. The third-order valence-electron chi connectivity index (χ3n) is 3.49. The molecule has 0 fully saturated rings. The van der Waals surface area contributed by atoms with E-state index in [1.165, 1.54) is 24.3 Å². The van der Waals surface area contributed by atoms with Gasteiger partial charge in [-0.25, -0.2) is 9.78 Å². The molecule has 2 atom stereocenters. The molecule has 27 heavy (non-hydrogen) atoms. The number of H-pyrrole nitrogens is 1. The van der Waals surface area contributed by atoms with Gasteiger partial charge in [0.25, 0.3) is 0 Å². The first-order valence-electron chi connectivity index (χ1n) is 8.12. The quantitative estimate of drug-likeness (QED) is 0.229. The van der Waals surface area contributed by atoms with Gasteiger partial charge in [-0.1, -0.05) is 0 Å². The van der Waals surface area contributed by atoms with Gasteiger partial charge in [-0.05, 0) is 18.4 Å². The molecule has 0 aliphatic rings. The van der Waals surface area contributed by atoms with E-state index in [1.54, 1.807) is 0 Å². The van der Waals surface area contributed by atoms with Gasteiger partial charge in [-0.2, -0.15) is 11.8 Å². The second kappa shape index (κ2) is 11.9. The predicted molar refractivity (Wildman–Crippen MR) is 98.9 cm³/mol. The van der Waals surface area contributed by atoms with E-state index in [-0.39, 0.29) is 25.9 Å². The highest BCUT2D eigenvalue weighted by atomic mass is 32.2. The molecule has 0 spiro atoms. The van der Waals surface area contributed by atoms with Crippen molar-refractivity contribution in [3.8, 4) is 0 Å². The van der Waals surface area contributed by atoms with Crippen molar-refractivity contribution in [2.24, 2.45) is 5.73 Å². The minimum atomic E-state index is -1.15. The number of nitrogens with zero attached hydrogens (tertiary/aromatic N) is 1. The van der Waals surface area contributed by atoms with E-state index in [0.717, 1.165) is 0 Å². The van der Waals surface area contributed by atoms with Crippen LogP contribution in [-0.4, -0.2) is 75.9 Å². The molecular formula is C15H24N6O5S. The minimum Gasteiger partial charge on any atom is -0.480 e. The van der Waals surface area contributed by atoms with Crippen molar-refractivity contribution in [1.82, 2.24) is 25.9 Å². The van der Waals surface area contributed by atoms with Crippen molar-refractivity contribution in [2.75, 3.05) is 25.1 Å². The molecule has 0 aliphatic heterocycles. The number of hydrogen-bond acceptors (Lipinski definition) is 7. The number of amides is 3. The monoisotopic (exact) mass is 400 g/mol. The molecule has 0 saturated carbocycles.